The maximum Gasteiger partial charge on any atom is 0.304 e. The van der Waals surface area contributed by atoms with Crippen LogP contribution < -0.4 is 15.4 Å². The summed E-state index contributed by atoms with van der Waals surface area (Å²) >= 11 is 0. The van der Waals surface area contributed by atoms with Crippen LogP contribution in [0.3, 0.4) is 0 Å². The van der Waals surface area contributed by atoms with Crippen molar-refractivity contribution in [3.8, 4) is 11.3 Å². The van der Waals surface area contributed by atoms with Crippen molar-refractivity contribution in [1.82, 2.24) is 14.0 Å². The Morgan fingerprint density at radius 2 is 1.91 bits per heavy atom. The van der Waals surface area contributed by atoms with Gasteiger partial charge in [-0.15, -0.1) is 0 Å². The number of amides is 1. The van der Waals surface area contributed by atoms with E-state index in [0.717, 1.165) is 16.8 Å². The van der Waals surface area contributed by atoms with Gasteiger partial charge in [0.15, 0.2) is 11.6 Å². The van der Waals surface area contributed by atoms with Gasteiger partial charge in [0.05, 0.1) is 11.3 Å². The van der Waals surface area contributed by atoms with E-state index in [1.807, 2.05) is 18.7 Å². The largest absolute Gasteiger partial charge is 0.351 e. The molecule has 1 aromatic heterocycles. The van der Waals surface area contributed by atoms with Gasteiger partial charge in [-0.25, -0.2) is 18.5 Å². The van der Waals surface area contributed by atoms with Gasteiger partial charge in [-0.3, -0.25) is 4.79 Å². The summed E-state index contributed by atoms with van der Waals surface area (Å²) < 4.78 is 57.1. The van der Waals surface area contributed by atoms with Crippen LogP contribution >= 0.6 is 0 Å². The Hall–Kier alpha value is -2.63. The number of benzene rings is 1. The van der Waals surface area contributed by atoms with Gasteiger partial charge in [-0.05, 0) is 56.9 Å². The fourth-order valence-electron chi connectivity index (χ4n) is 4.50. The molecule has 4 rings (SSSR count). The van der Waals surface area contributed by atoms with E-state index >= 15 is 0 Å². The highest BCUT2D eigenvalue weighted by atomic mass is 32.2. The minimum atomic E-state index is -4.10. The Labute approximate surface area is 198 Å². The lowest BCUT2D eigenvalue weighted by Gasteiger charge is -2.36. The Morgan fingerprint density at radius 3 is 2.53 bits per heavy atom. The number of nitrogens with one attached hydrogen (secondary N) is 1. The summed E-state index contributed by atoms with van der Waals surface area (Å²) in [5.41, 5.74) is 5.55. The van der Waals surface area contributed by atoms with Gasteiger partial charge in [0, 0.05) is 36.8 Å². The lowest BCUT2D eigenvalue weighted by Crippen LogP contribution is -2.45. The van der Waals surface area contributed by atoms with Crippen LogP contribution in [0.5, 0.6) is 0 Å². The topological polar surface area (TPSA) is 109 Å². The van der Waals surface area contributed by atoms with E-state index in [-0.39, 0.29) is 47.7 Å². The lowest BCUT2D eigenvalue weighted by molar-refractivity contribution is 0.0979. The van der Waals surface area contributed by atoms with Gasteiger partial charge in [0.25, 0.3) is 5.91 Å². The Balaban J connectivity index is 1.76. The van der Waals surface area contributed by atoms with Crippen LogP contribution in [0.25, 0.3) is 11.3 Å². The second kappa shape index (κ2) is 8.86. The van der Waals surface area contributed by atoms with Crippen molar-refractivity contribution in [3.63, 3.8) is 0 Å². The number of nitrogens with two attached hydrogens (primary N) is 1. The normalized spacial score (nSPS) is 22.8. The molecule has 3 N–H and O–H groups in total. The average Bonchev–Trinajstić information content (AvgIpc) is 3.32. The predicted molar refractivity (Wildman–Crippen MR) is 125 cm³/mol. The van der Waals surface area contributed by atoms with Crippen molar-refractivity contribution in [1.29, 1.82) is 0 Å². The third kappa shape index (κ3) is 4.39. The number of anilines is 1. The van der Waals surface area contributed by atoms with Crippen LogP contribution in [0.4, 0.5) is 14.6 Å². The standard InChI is InChI=1S/C23H29F2N5O3S/c1-14-9-12-30(23(14,2)3)21-17(22(31)28-34(32,33)29-11-10-15(26)13-29)7-8-19(27-21)16-5-4-6-18(24)20(16)25/h4-8,14-15H,9-13,26H2,1-3H3,(H,28,31)/t14?,15-/m0/s1. The summed E-state index contributed by atoms with van der Waals surface area (Å²) in [5, 5.41) is 0. The monoisotopic (exact) mass is 493 g/mol. The third-order valence-corrected chi connectivity index (χ3v) is 8.49. The first-order valence-electron chi connectivity index (χ1n) is 11.2. The molecule has 0 radical (unpaired) electrons. The smallest absolute Gasteiger partial charge is 0.304 e. The highest BCUT2D eigenvalue weighted by Crippen LogP contribution is 2.39. The zero-order valence-corrected chi connectivity index (χ0v) is 20.2. The maximum absolute atomic E-state index is 14.5. The second-order valence-corrected chi connectivity index (χ2v) is 11.2. The van der Waals surface area contributed by atoms with E-state index in [4.69, 9.17) is 5.73 Å². The molecule has 1 aromatic carbocycles. The Kier molecular flexibility index (Phi) is 6.38. The molecule has 184 valence electrons. The van der Waals surface area contributed by atoms with Crippen LogP contribution in [-0.2, 0) is 10.2 Å². The minimum absolute atomic E-state index is 0.0369. The molecular weight excluding hydrogens is 464 g/mol. The molecule has 2 atom stereocenters. The molecule has 34 heavy (non-hydrogen) atoms. The number of aromatic nitrogens is 1. The molecule has 2 fully saturated rings. The molecule has 0 saturated carbocycles. The molecule has 2 aliphatic rings. The van der Waals surface area contributed by atoms with Crippen molar-refractivity contribution in [3.05, 3.63) is 47.5 Å². The van der Waals surface area contributed by atoms with E-state index in [1.165, 1.54) is 24.3 Å². The first kappa shape index (κ1) is 24.5. The summed E-state index contributed by atoms with van der Waals surface area (Å²) in [7, 11) is -4.10. The third-order valence-electron chi connectivity index (χ3n) is 7.04. The van der Waals surface area contributed by atoms with E-state index in [9.17, 15) is 22.0 Å². The average molecular weight is 494 g/mol. The van der Waals surface area contributed by atoms with Crippen LogP contribution in [0.2, 0.25) is 0 Å². The van der Waals surface area contributed by atoms with Crippen molar-refractivity contribution < 1.29 is 22.0 Å². The Bertz CT molecular complexity index is 1220. The molecule has 2 aromatic rings. The van der Waals surface area contributed by atoms with Gasteiger partial charge in [-0.1, -0.05) is 13.0 Å². The molecular formula is C23H29F2N5O3S. The molecule has 1 amide bonds. The summed E-state index contributed by atoms with van der Waals surface area (Å²) in [4.78, 5) is 19.7. The first-order valence-corrected chi connectivity index (χ1v) is 12.7. The van der Waals surface area contributed by atoms with Gasteiger partial charge in [-0.2, -0.15) is 12.7 Å². The van der Waals surface area contributed by atoms with Crippen LogP contribution in [0, 0.1) is 17.6 Å². The van der Waals surface area contributed by atoms with Gasteiger partial charge >= 0.3 is 10.2 Å². The van der Waals surface area contributed by atoms with Crippen molar-refractivity contribution in [2.75, 3.05) is 24.5 Å². The number of rotatable bonds is 5. The highest BCUT2D eigenvalue weighted by molar-refractivity contribution is 7.87. The molecule has 3 heterocycles. The van der Waals surface area contributed by atoms with Gasteiger partial charge in [0.2, 0.25) is 0 Å². The van der Waals surface area contributed by atoms with Crippen molar-refractivity contribution >= 4 is 21.9 Å². The predicted octanol–water partition coefficient (Wildman–Crippen LogP) is 2.66. The minimum Gasteiger partial charge on any atom is -0.351 e. The SMILES string of the molecule is CC1CCN(c2nc(-c3cccc(F)c3F)ccc2C(=O)NS(=O)(=O)N2CC[C@H](N)C2)C1(C)C. The first-order chi connectivity index (χ1) is 15.9. The molecule has 0 aliphatic carbocycles. The van der Waals surface area contributed by atoms with Crippen LogP contribution in [0.15, 0.2) is 30.3 Å². The lowest BCUT2D eigenvalue weighted by atomic mass is 9.90. The molecule has 0 spiro atoms. The number of halogens is 2. The number of carbonyl (C=O) groups excluding carboxylic acids is 1. The van der Waals surface area contributed by atoms with E-state index in [0.29, 0.717) is 13.0 Å². The maximum atomic E-state index is 14.5. The quantitative estimate of drug-likeness (QED) is 0.663. The van der Waals surface area contributed by atoms with Gasteiger partial charge in [0.1, 0.15) is 5.82 Å². The van der Waals surface area contributed by atoms with E-state index in [1.54, 1.807) is 0 Å². The molecule has 2 aliphatic heterocycles. The molecule has 1 unspecified atom stereocenters. The summed E-state index contributed by atoms with van der Waals surface area (Å²) in [6.45, 7) is 7.02. The Morgan fingerprint density at radius 1 is 1.18 bits per heavy atom. The summed E-state index contributed by atoms with van der Waals surface area (Å²) in [6, 6.07) is 6.31. The number of hydrogen-bond acceptors (Lipinski definition) is 6. The number of carbonyl (C=O) groups is 1. The molecule has 8 nitrogen and oxygen atoms in total. The fraction of sp³-hybridized carbons (Fsp3) is 0.478. The molecule has 2 saturated heterocycles. The number of nitrogens with zero attached hydrogens (tertiary/aromatic N) is 3. The van der Waals surface area contributed by atoms with Gasteiger partial charge < -0.3 is 10.6 Å². The zero-order valence-electron chi connectivity index (χ0n) is 19.4. The van der Waals surface area contributed by atoms with Crippen molar-refractivity contribution in [2.24, 2.45) is 11.7 Å². The van der Waals surface area contributed by atoms with E-state index in [2.05, 4.69) is 16.6 Å². The molecule has 11 heteroatoms. The fourth-order valence-corrected chi connectivity index (χ4v) is 5.71. The van der Waals surface area contributed by atoms with E-state index < -0.39 is 33.3 Å². The summed E-state index contributed by atoms with van der Waals surface area (Å²) in [5.74, 6) is -2.41. The summed E-state index contributed by atoms with van der Waals surface area (Å²) in [6.07, 6.45) is 1.34. The van der Waals surface area contributed by atoms with Crippen molar-refractivity contribution in [2.45, 2.75) is 45.2 Å². The number of pyridine rings is 1. The second-order valence-electron chi connectivity index (χ2n) is 9.51. The number of hydrogen-bond donors (Lipinski definition) is 2. The van der Waals surface area contributed by atoms with Crippen LogP contribution in [-0.4, -0.2) is 54.8 Å². The van der Waals surface area contributed by atoms with Crippen LogP contribution in [0.1, 0.15) is 44.0 Å². The zero-order chi connectivity index (χ0) is 24.8. The molecule has 0 bridgehead atoms. The highest BCUT2D eigenvalue weighted by Gasteiger charge is 2.41.